The normalized spacial score (nSPS) is 11.7. The summed E-state index contributed by atoms with van der Waals surface area (Å²) < 4.78 is 10.6. The molecular formula is C47H72O6. The quantitative estimate of drug-likeness (QED) is 0.0227. The molecule has 6 nitrogen and oxygen atoms in total. The molecule has 0 heterocycles. The summed E-state index contributed by atoms with van der Waals surface area (Å²) >= 11 is 0. The monoisotopic (exact) mass is 733 g/mol. The highest BCUT2D eigenvalue weighted by molar-refractivity contribution is 6.00. The third-order valence-corrected chi connectivity index (χ3v) is 9.01. The number of rotatable bonds is 35. The molecule has 0 saturated carbocycles. The van der Waals surface area contributed by atoms with Crippen LogP contribution in [0.2, 0.25) is 0 Å². The van der Waals surface area contributed by atoms with Crippen molar-refractivity contribution in [1.29, 1.82) is 0 Å². The number of carbonyl (C=O) groups is 4. The van der Waals surface area contributed by atoms with E-state index in [1.807, 2.05) is 0 Å². The van der Waals surface area contributed by atoms with E-state index in [4.69, 9.17) is 9.47 Å². The zero-order valence-corrected chi connectivity index (χ0v) is 33.5. The number of benzene rings is 1. The zero-order valence-electron chi connectivity index (χ0n) is 33.5. The molecule has 0 bridgehead atoms. The summed E-state index contributed by atoms with van der Waals surface area (Å²) in [6.07, 6.45) is 43.2. The van der Waals surface area contributed by atoms with E-state index in [0.717, 1.165) is 82.6 Å². The van der Waals surface area contributed by atoms with Crippen LogP contribution in [0.1, 0.15) is 180 Å². The number of unbranched alkanes of at least 4 members (excludes halogenated alkanes) is 16. The Morgan fingerprint density at radius 3 is 1.42 bits per heavy atom. The standard InChI is InChI=1S/C47H72O6/c1-3-5-7-9-11-13-15-17-19-21-23-25-27-29-31-33-46(50)52-41-44(49)40-43(48)39-42-35-37-45(38-36-42)53-47(51)34-32-30-28-26-24-22-20-18-16-14-12-10-8-6-4-2/h11-14,17-20,35-38H,3-10,15-16,21-34,39-41H2,1-2H3/b13-11-,14-12-,19-17-,20-18-. The molecule has 0 aromatic heterocycles. The molecule has 1 rings (SSSR count). The van der Waals surface area contributed by atoms with Crippen LogP contribution in [0.4, 0.5) is 0 Å². The van der Waals surface area contributed by atoms with Gasteiger partial charge in [-0.3, -0.25) is 19.2 Å². The fourth-order valence-electron chi connectivity index (χ4n) is 5.81. The van der Waals surface area contributed by atoms with Crippen LogP contribution >= 0.6 is 0 Å². The first-order valence-electron chi connectivity index (χ1n) is 21.0. The molecule has 1 aromatic carbocycles. The summed E-state index contributed by atoms with van der Waals surface area (Å²) in [5.74, 6) is -0.846. The van der Waals surface area contributed by atoms with Crippen molar-refractivity contribution >= 4 is 23.5 Å². The van der Waals surface area contributed by atoms with E-state index in [9.17, 15) is 19.2 Å². The van der Waals surface area contributed by atoms with E-state index >= 15 is 0 Å². The Bertz CT molecular complexity index is 1210. The van der Waals surface area contributed by atoms with Crippen LogP contribution in [0.25, 0.3) is 0 Å². The van der Waals surface area contributed by atoms with Crippen LogP contribution in [0.15, 0.2) is 72.9 Å². The number of Topliss-reactive ketones (excluding diaryl/α,β-unsaturated/α-hetero) is 2. The van der Waals surface area contributed by atoms with E-state index in [0.29, 0.717) is 18.6 Å². The number of hydrogen-bond acceptors (Lipinski definition) is 6. The Morgan fingerprint density at radius 2 is 0.925 bits per heavy atom. The number of carbonyl (C=O) groups excluding carboxylic acids is 4. The molecule has 0 aliphatic carbocycles. The van der Waals surface area contributed by atoms with Gasteiger partial charge in [-0.2, -0.15) is 0 Å². The lowest BCUT2D eigenvalue weighted by molar-refractivity contribution is -0.148. The van der Waals surface area contributed by atoms with Crippen LogP contribution < -0.4 is 4.74 Å². The minimum Gasteiger partial charge on any atom is -0.458 e. The number of hydrogen-bond donors (Lipinski definition) is 0. The molecule has 6 heteroatoms. The predicted octanol–water partition coefficient (Wildman–Crippen LogP) is 12.8. The van der Waals surface area contributed by atoms with Gasteiger partial charge in [0.2, 0.25) is 0 Å². The average molecular weight is 733 g/mol. The molecular weight excluding hydrogens is 661 g/mol. The van der Waals surface area contributed by atoms with E-state index < -0.39 is 11.8 Å². The van der Waals surface area contributed by atoms with Crippen LogP contribution in [-0.2, 0) is 30.3 Å². The molecule has 0 aliphatic heterocycles. The molecule has 0 unspecified atom stereocenters. The Labute approximate surface area is 323 Å². The summed E-state index contributed by atoms with van der Waals surface area (Å²) in [5.41, 5.74) is 0.731. The maximum absolute atomic E-state index is 12.4. The fourth-order valence-corrected chi connectivity index (χ4v) is 5.81. The van der Waals surface area contributed by atoms with Crippen molar-refractivity contribution in [2.24, 2.45) is 0 Å². The Kier molecular flexibility index (Phi) is 31.8. The SMILES string of the molecule is CCCCC/C=C\C/C=C\CCCCCCCC(=O)OCC(=O)CC(=O)Cc1ccc(OC(=O)CCCCCCC/C=C\C/C=C\CCCCC)cc1. The molecule has 0 fully saturated rings. The van der Waals surface area contributed by atoms with Crippen LogP contribution in [0.5, 0.6) is 5.75 Å². The number of ketones is 2. The minimum absolute atomic E-state index is 0.0891. The first-order valence-corrected chi connectivity index (χ1v) is 21.0. The Hall–Kier alpha value is -3.54. The van der Waals surface area contributed by atoms with Gasteiger partial charge in [-0.15, -0.1) is 0 Å². The highest BCUT2D eigenvalue weighted by Gasteiger charge is 2.13. The smallest absolute Gasteiger partial charge is 0.311 e. The molecule has 0 N–H and O–H groups in total. The van der Waals surface area contributed by atoms with Gasteiger partial charge in [-0.1, -0.05) is 139 Å². The van der Waals surface area contributed by atoms with E-state index in [2.05, 4.69) is 62.5 Å². The molecule has 1 aromatic rings. The van der Waals surface area contributed by atoms with Crippen molar-refractivity contribution in [2.45, 2.75) is 181 Å². The van der Waals surface area contributed by atoms with E-state index in [-0.39, 0.29) is 31.2 Å². The van der Waals surface area contributed by atoms with E-state index in [1.54, 1.807) is 24.3 Å². The number of allylic oxidation sites excluding steroid dienone is 8. The second-order valence-electron chi connectivity index (χ2n) is 14.2. The Morgan fingerprint density at radius 1 is 0.491 bits per heavy atom. The van der Waals surface area contributed by atoms with Gasteiger partial charge in [0.15, 0.2) is 5.78 Å². The van der Waals surface area contributed by atoms with Gasteiger partial charge in [-0.05, 0) is 94.7 Å². The van der Waals surface area contributed by atoms with Gasteiger partial charge < -0.3 is 9.47 Å². The van der Waals surface area contributed by atoms with Crippen molar-refractivity contribution in [3.05, 3.63) is 78.4 Å². The van der Waals surface area contributed by atoms with Gasteiger partial charge in [0.25, 0.3) is 0 Å². The summed E-state index contributed by atoms with van der Waals surface area (Å²) in [6, 6.07) is 6.81. The summed E-state index contributed by atoms with van der Waals surface area (Å²) in [6.45, 7) is 4.09. The first-order chi connectivity index (χ1) is 25.9. The summed E-state index contributed by atoms with van der Waals surface area (Å²) in [7, 11) is 0. The van der Waals surface area contributed by atoms with Gasteiger partial charge in [-0.25, -0.2) is 0 Å². The van der Waals surface area contributed by atoms with Gasteiger partial charge in [0, 0.05) is 19.3 Å². The molecule has 0 radical (unpaired) electrons. The van der Waals surface area contributed by atoms with Crippen LogP contribution in [0.3, 0.4) is 0 Å². The molecule has 53 heavy (non-hydrogen) atoms. The summed E-state index contributed by atoms with van der Waals surface area (Å²) in [5, 5.41) is 0. The topological polar surface area (TPSA) is 86.7 Å². The van der Waals surface area contributed by atoms with Crippen LogP contribution in [-0.4, -0.2) is 30.1 Å². The van der Waals surface area contributed by atoms with E-state index in [1.165, 1.54) is 64.2 Å². The van der Waals surface area contributed by atoms with Crippen molar-refractivity contribution in [3.8, 4) is 5.75 Å². The molecule has 0 amide bonds. The van der Waals surface area contributed by atoms with Gasteiger partial charge in [0.1, 0.15) is 18.1 Å². The maximum atomic E-state index is 12.4. The fraction of sp³-hybridized carbons (Fsp3) is 0.617. The highest BCUT2D eigenvalue weighted by Crippen LogP contribution is 2.16. The predicted molar refractivity (Wildman–Crippen MR) is 220 cm³/mol. The molecule has 0 aliphatic rings. The average Bonchev–Trinajstić information content (AvgIpc) is 3.14. The second-order valence-corrected chi connectivity index (χ2v) is 14.2. The third-order valence-electron chi connectivity index (χ3n) is 9.01. The lowest BCUT2D eigenvalue weighted by Gasteiger charge is -2.07. The molecule has 296 valence electrons. The second kappa shape index (κ2) is 35.5. The van der Waals surface area contributed by atoms with Gasteiger partial charge >= 0.3 is 11.9 Å². The molecule has 0 saturated heterocycles. The van der Waals surface area contributed by atoms with Crippen LogP contribution in [0, 0.1) is 0 Å². The number of esters is 2. The first kappa shape index (κ1) is 47.5. The number of ether oxygens (including phenoxy) is 2. The highest BCUT2D eigenvalue weighted by atomic mass is 16.5. The van der Waals surface area contributed by atoms with Crippen molar-refractivity contribution in [1.82, 2.24) is 0 Å². The van der Waals surface area contributed by atoms with Gasteiger partial charge in [0.05, 0.1) is 6.42 Å². The minimum atomic E-state index is -0.401. The Balaban J connectivity index is 2.05. The van der Waals surface area contributed by atoms with Crippen molar-refractivity contribution in [2.75, 3.05) is 6.61 Å². The third kappa shape index (κ3) is 31.7. The molecule has 0 spiro atoms. The molecule has 0 atom stereocenters. The largest absolute Gasteiger partial charge is 0.458 e. The van der Waals surface area contributed by atoms with Crippen molar-refractivity contribution < 1.29 is 28.7 Å². The maximum Gasteiger partial charge on any atom is 0.311 e. The van der Waals surface area contributed by atoms with Crippen molar-refractivity contribution in [3.63, 3.8) is 0 Å². The summed E-state index contributed by atoms with van der Waals surface area (Å²) in [4.78, 5) is 48.9. The lowest BCUT2D eigenvalue weighted by Crippen LogP contribution is -2.18. The zero-order chi connectivity index (χ0) is 38.5. The lowest BCUT2D eigenvalue weighted by atomic mass is 10.1.